The van der Waals surface area contributed by atoms with Crippen LogP contribution in [0.3, 0.4) is 0 Å². The first-order valence-electron chi connectivity index (χ1n) is 3.19. The lowest BCUT2D eigenvalue weighted by Crippen LogP contribution is -1.90. The fraction of sp³-hybridized carbons (Fsp3) is 0.222. The zero-order chi connectivity index (χ0) is 7.56. The van der Waals surface area contributed by atoms with Gasteiger partial charge in [0.25, 0.3) is 0 Å². The summed E-state index contributed by atoms with van der Waals surface area (Å²) in [4.78, 5) is 10.7. The molecule has 0 saturated carbocycles. The summed E-state index contributed by atoms with van der Waals surface area (Å²) in [6, 6.07) is 8.38. The maximum absolute atomic E-state index is 10.7. The third-order valence-electron chi connectivity index (χ3n) is 1.37. The molecular formula is C9H9O. The molecule has 0 fully saturated rings. The van der Waals surface area contributed by atoms with Crippen molar-refractivity contribution in [2.24, 2.45) is 0 Å². The number of ketones is 1. The van der Waals surface area contributed by atoms with Crippen LogP contribution in [-0.2, 0) is 0 Å². The predicted octanol–water partition coefficient (Wildman–Crippen LogP) is 2.00. The highest BCUT2D eigenvalue weighted by Gasteiger charge is 1.95. The quantitative estimate of drug-likeness (QED) is 0.535. The van der Waals surface area contributed by atoms with E-state index in [-0.39, 0.29) is 5.78 Å². The second kappa shape index (κ2) is 2.65. The SMILES string of the molecule is CC(=O)c1c[c]c(C)cc1. The van der Waals surface area contributed by atoms with Crippen molar-refractivity contribution in [2.45, 2.75) is 13.8 Å². The molecule has 51 valence electrons. The van der Waals surface area contributed by atoms with Crippen LogP contribution in [0.15, 0.2) is 18.2 Å². The van der Waals surface area contributed by atoms with Crippen molar-refractivity contribution in [3.05, 3.63) is 35.4 Å². The molecule has 0 amide bonds. The smallest absolute Gasteiger partial charge is 0.159 e. The molecule has 0 atom stereocenters. The van der Waals surface area contributed by atoms with E-state index in [4.69, 9.17) is 0 Å². The van der Waals surface area contributed by atoms with E-state index in [1.807, 2.05) is 19.1 Å². The van der Waals surface area contributed by atoms with Crippen LogP contribution >= 0.6 is 0 Å². The minimum Gasteiger partial charge on any atom is -0.295 e. The molecule has 1 heteroatoms. The fourth-order valence-electron chi connectivity index (χ4n) is 0.722. The Labute approximate surface area is 60.7 Å². The van der Waals surface area contributed by atoms with Gasteiger partial charge in [0.15, 0.2) is 5.78 Å². The Kier molecular flexibility index (Phi) is 1.86. The van der Waals surface area contributed by atoms with Gasteiger partial charge in [-0.05, 0) is 31.5 Å². The molecule has 0 N–H and O–H groups in total. The summed E-state index contributed by atoms with van der Waals surface area (Å²) in [6.07, 6.45) is 0. The summed E-state index contributed by atoms with van der Waals surface area (Å²) in [7, 11) is 0. The standard InChI is InChI=1S/C9H9O/c1-7-3-5-9(6-4-7)8(2)10/h3,5-6H,1-2H3. The van der Waals surface area contributed by atoms with Crippen molar-refractivity contribution in [1.82, 2.24) is 0 Å². The van der Waals surface area contributed by atoms with Gasteiger partial charge in [-0.1, -0.05) is 12.1 Å². The van der Waals surface area contributed by atoms with Crippen molar-refractivity contribution in [1.29, 1.82) is 0 Å². The molecule has 0 aliphatic carbocycles. The Balaban J connectivity index is 3.00. The number of aryl methyl sites for hydroxylation is 1. The maximum Gasteiger partial charge on any atom is 0.159 e. The maximum atomic E-state index is 10.7. The minimum absolute atomic E-state index is 0.0938. The van der Waals surface area contributed by atoms with E-state index in [0.717, 1.165) is 11.1 Å². The van der Waals surface area contributed by atoms with Crippen molar-refractivity contribution in [3.63, 3.8) is 0 Å². The van der Waals surface area contributed by atoms with Crippen LogP contribution in [0.4, 0.5) is 0 Å². The normalized spacial score (nSPS) is 9.40. The van der Waals surface area contributed by atoms with Gasteiger partial charge in [-0.25, -0.2) is 0 Å². The van der Waals surface area contributed by atoms with E-state index in [1.54, 1.807) is 13.0 Å². The molecule has 0 heterocycles. The number of carbonyl (C=O) groups excluding carboxylic acids is 1. The van der Waals surface area contributed by atoms with Gasteiger partial charge in [0.1, 0.15) is 0 Å². The lowest BCUT2D eigenvalue weighted by Gasteiger charge is -1.93. The van der Waals surface area contributed by atoms with Gasteiger partial charge in [0, 0.05) is 5.56 Å². The van der Waals surface area contributed by atoms with E-state index >= 15 is 0 Å². The van der Waals surface area contributed by atoms with E-state index in [2.05, 4.69) is 6.07 Å². The summed E-state index contributed by atoms with van der Waals surface area (Å²) in [5.74, 6) is 0.0938. The molecule has 10 heavy (non-hydrogen) atoms. The topological polar surface area (TPSA) is 17.1 Å². The first kappa shape index (κ1) is 7.00. The lowest BCUT2D eigenvalue weighted by molar-refractivity contribution is 0.101. The second-order valence-electron chi connectivity index (χ2n) is 2.32. The monoisotopic (exact) mass is 133 g/mol. The molecule has 0 bridgehead atoms. The van der Waals surface area contributed by atoms with Gasteiger partial charge in [-0.15, -0.1) is 0 Å². The van der Waals surface area contributed by atoms with Crippen LogP contribution in [0.25, 0.3) is 0 Å². The van der Waals surface area contributed by atoms with Crippen LogP contribution in [0, 0.1) is 13.0 Å². The van der Waals surface area contributed by atoms with E-state index < -0.39 is 0 Å². The van der Waals surface area contributed by atoms with Crippen LogP contribution in [-0.4, -0.2) is 5.78 Å². The molecule has 0 unspecified atom stereocenters. The van der Waals surface area contributed by atoms with Crippen LogP contribution < -0.4 is 0 Å². The van der Waals surface area contributed by atoms with Gasteiger partial charge in [-0.2, -0.15) is 0 Å². The minimum atomic E-state index is 0.0938. The fourth-order valence-corrected chi connectivity index (χ4v) is 0.722. The van der Waals surface area contributed by atoms with Crippen LogP contribution in [0.1, 0.15) is 22.8 Å². The Hall–Kier alpha value is -1.11. The summed E-state index contributed by atoms with van der Waals surface area (Å²) < 4.78 is 0. The molecule has 0 saturated heterocycles. The van der Waals surface area contributed by atoms with Crippen molar-refractivity contribution in [3.8, 4) is 0 Å². The third kappa shape index (κ3) is 1.44. The Morgan fingerprint density at radius 1 is 1.50 bits per heavy atom. The number of Topliss-reactive ketones (excluding diaryl/α,β-unsaturated/α-hetero) is 1. The van der Waals surface area contributed by atoms with Gasteiger partial charge in [-0.3, -0.25) is 4.79 Å². The molecule has 0 aliphatic heterocycles. The van der Waals surface area contributed by atoms with Gasteiger partial charge < -0.3 is 0 Å². The molecule has 0 aliphatic rings. The van der Waals surface area contributed by atoms with Gasteiger partial charge >= 0.3 is 0 Å². The molecule has 1 aromatic rings. The molecular weight excluding hydrogens is 124 g/mol. The average molecular weight is 133 g/mol. The third-order valence-corrected chi connectivity index (χ3v) is 1.37. The predicted molar refractivity (Wildman–Crippen MR) is 40.0 cm³/mol. The van der Waals surface area contributed by atoms with Gasteiger partial charge in [0.05, 0.1) is 0 Å². The van der Waals surface area contributed by atoms with Crippen LogP contribution in [0.2, 0.25) is 0 Å². The zero-order valence-corrected chi connectivity index (χ0v) is 6.14. The summed E-state index contributed by atoms with van der Waals surface area (Å²) in [5.41, 5.74) is 1.79. The average Bonchev–Trinajstić information content (AvgIpc) is 1.88. The largest absolute Gasteiger partial charge is 0.295 e. The highest BCUT2D eigenvalue weighted by molar-refractivity contribution is 5.93. The number of rotatable bonds is 1. The second-order valence-corrected chi connectivity index (χ2v) is 2.32. The van der Waals surface area contributed by atoms with Crippen molar-refractivity contribution < 1.29 is 4.79 Å². The molecule has 0 spiro atoms. The highest BCUT2D eigenvalue weighted by Crippen LogP contribution is 2.01. The van der Waals surface area contributed by atoms with Crippen molar-refractivity contribution >= 4 is 5.78 Å². The first-order chi connectivity index (χ1) is 4.70. The zero-order valence-electron chi connectivity index (χ0n) is 6.14. The number of hydrogen-bond acceptors (Lipinski definition) is 1. The Morgan fingerprint density at radius 3 is 2.60 bits per heavy atom. The number of benzene rings is 1. The lowest BCUT2D eigenvalue weighted by atomic mass is 10.1. The molecule has 1 radical (unpaired) electrons. The van der Waals surface area contributed by atoms with E-state index in [1.165, 1.54) is 0 Å². The highest BCUT2D eigenvalue weighted by atomic mass is 16.1. The summed E-state index contributed by atoms with van der Waals surface area (Å²) in [6.45, 7) is 3.50. The molecule has 1 nitrogen and oxygen atoms in total. The van der Waals surface area contributed by atoms with E-state index in [9.17, 15) is 4.79 Å². The number of carbonyl (C=O) groups is 1. The summed E-state index contributed by atoms with van der Waals surface area (Å²) >= 11 is 0. The molecule has 1 aromatic carbocycles. The molecule has 1 rings (SSSR count). The van der Waals surface area contributed by atoms with Crippen LogP contribution in [0.5, 0.6) is 0 Å². The van der Waals surface area contributed by atoms with Crippen molar-refractivity contribution in [2.75, 3.05) is 0 Å². The van der Waals surface area contributed by atoms with Gasteiger partial charge in [0.2, 0.25) is 0 Å². The number of hydrogen-bond donors (Lipinski definition) is 0. The molecule has 0 aromatic heterocycles. The summed E-state index contributed by atoms with van der Waals surface area (Å²) in [5, 5.41) is 0. The Bertz CT molecular complexity index is 233. The Morgan fingerprint density at radius 2 is 2.20 bits per heavy atom. The first-order valence-corrected chi connectivity index (χ1v) is 3.19. The van der Waals surface area contributed by atoms with E-state index in [0.29, 0.717) is 0 Å².